The van der Waals surface area contributed by atoms with Gasteiger partial charge in [-0.2, -0.15) is 0 Å². The molecule has 3 heterocycles. The fourth-order valence-electron chi connectivity index (χ4n) is 2.40. The Kier molecular flexibility index (Phi) is 3.20. The van der Waals surface area contributed by atoms with Crippen LogP contribution in [-0.2, 0) is 0 Å². The third kappa shape index (κ3) is 2.30. The number of hydrogen-bond acceptors (Lipinski definition) is 5. The summed E-state index contributed by atoms with van der Waals surface area (Å²) in [5, 5.41) is 8.37. The van der Waals surface area contributed by atoms with E-state index in [0.29, 0.717) is 0 Å². The van der Waals surface area contributed by atoms with Crippen molar-refractivity contribution in [3.05, 3.63) is 52.5 Å². The van der Waals surface area contributed by atoms with Crippen LogP contribution in [0, 0.1) is 13.8 Å². The van der Waals surface area contributed by atoms with Crippen LogP contribution in [-0.4, -0.2) is 14.4 Å². The van der Waals surface area contributed by atoms with Gasteiger partial charge in [-0.3, -0.25) is 4.40 Å². The highest BCUT2D eigenvalue weighted by Gasteiger charge is 2.14. The zero-order valence-electron chi connectivity index (χ0n) is 12.2. The summed E-state index contributed by atoms with van der Waals surface area (Å²) in [6.45, 7) is 4.11. The standard InChI is InChI=1S/C16H14N4S2/c1-10-3-5-12(6-4-10)18-15-19-13(9-22-15)14-11(2)17-16-20(14)7-8-21-16/h3-9H,1-2H3,(H,18,19). The first-order chi connectivity index (χ1) is 10.7. The number of nitrogens with zero attached hydrogens (tertiary/aromatic N) is 3. The molecule has 4 rings (SSSR count). The van der Waals surface area contributed by atoms with E-state index in [1.807, 2.05) is 18.5 Å². The topological polar surface area (TPSA) is 42.2 Å². The number of thiazole rings is 2. The first-order valence-electron chi connectivity index (χ1n) is 6.92. The van der Waals surface area contributed by atoms with Crippen molar-refractivity contribution in [2.75, 3.05) is 5.32 Å². The zero-order chi connectivity index (χ0) is 15.1. The van der Waals surface area contributed by atoms with Gasteiger partial charge in [-0.1, -0.05) is 17.7 Å². The van der Waals surface area contributed by atoms with Crippen molar-refractivity contribution in [3.8, 4) is 11.4 Å². The summed E-state index contributed by atoms with van der Waals surface area (Å²) in [5.74, 6) is 0. The molecule has 1 aromatic carbocycles. The molecule has 0 bridgehead atoms. The van der Waals surface area contributed by atoms with Gasteiger partial charge < -0.3 is 5.32 Å². The van der Waals surface area contributed by atoms with E-state index < -0.39 is 0 Å². The molecule has 0 saturated heterocycles. The second-order valence-electron chi connectivity index (χ2n) is 5.13. The highest BCUT2D eigenvalue weighted by molar-refractivity contribution is 7.15. The molecule has 0 spiro atoms. The molecule has 0 fully saturated rings. The van der Waals surface area contributed by atoms with Crippen LogP contribution in [0.4, 0.5) is 10.8 Å². The summed E-state index contributed by atoms with van der Waals surface area (Å²) in [4.78, 5) is 10.3. The lowest BCUT2D eigenvalue weighted by Crippen LogP contribution is -1.91. The molecule has 110 valence electrons. The van der Waals surface area contributed by atoms with Crippen molar-refractivity contribution in [3.63, 3.8) is 0 Å². The Labute approximate surface area is 136 Å². The molecule has 4 aromatic rings. The van der Waals surface area contributed by atoms with Gasteiger partial charge in [0.2, 0.25) is 0 Å². The summed E-state index contributed by atoms with van der Waals surface area (Å²) < 4.78 is 2.10. The number of hydrogen-bond donors (Lipinski definition) is 1. The van der Waals surface area contributed by atoms with Crippen LogP contribution in [0.25, 0.3) is 16.3 Å². The van der Waals surface area contributed by atoms with Crippen LogP contribution < -0.4 is 5.32 Å². The SMILES string of the molecule is Cc1ccc(Nc2nc(-c3c(C)nc4sccn34)cs2)cc1. The summed E-state index contributed by atoms with van der Waals surface area (Å²) in [6.07, 6.45) is 2.04. The van der Waals surface area contributed by atoms with Gasteiger partial charge in [-0.15, -0.1) is 22.7 Å². The molecule has 0 aliphatic rings. The lowest BCUT2D eigenvalue weighted by atomic mass is 10.2. The molecule has 0 saturated carbocycles. The highest BCUT2D eigenvalue weighted by Crippen LogP contribution is 2.30. The molecule has 0 unspecified atom stereocenters. The maximum absolute atomic E-state index is 4.71. The van der Waals surface area contributed by atoms with Crippen LogP contribution in [0.3, 0.4) is 0 Å². The highest BCUT2D eigenvalue weighted by atomic mass is 32.1. The quantitative estimate of drug-likeness (QED) is 0.583. The Hall–Kier alpha value is -2.18. The molecule has 4 nitrogen and oxygen atoms in total. The minimum absolute atomic E-state index is 0.892. The first kappa shape index (κ1) is 13.5. The van der Waals surface area contributed by atoms with Crippen LogP contribution in [0.1, 0.15) is 11.3 Å². The summed E-state index contributed by atoms with van der Waals surface area (Å²) >= 11 is 3.25. The fourth-order valence-corrected chi connectivity index (χ4v) is 3.88. The van der Waals surface area contributed by atoms with Gasteiger partial charge in [0.05, 0.1) is 11.4 Å². The van der Waals surface area contributed by atoms with E-state index in [1.54, 1.807) is 22.7 Å². The number of aromatic nitrogens is 3. The molecule has 0 aliphatic heterocycles. The maximum Gasteiger partial charge on any atom is 0.194 e. The number of aryl methyl sites for hydroxylation is 2. The van der Waals surface area contributed by atoms with Crippen molar-refractivity contribution in [1.29, 1.82) is 0 Å². The zero-order valence-corrected chi connectivity index (χ0v) is 13.8. The molecule has 0 aliphatic carbocycles. The minimum Gasteiger partial charge on any atom is -0.332 e. The van der Waals surface area contributed by atoms with E-state index in [-0.39, 0.29) is 0 Å². The smallest absolute Gasteiger partial charge is 0.194 e. The molecule has 0 radical (unpaired) electrons. The Bertz CT molecular complexity index is 931. The van der Waals surface area contributed by atoms with Crippen molar-refractivity contribution in [1.82, 2.24) is 14.4 Å². The lowest BCUT2D eigenvalue weighted by Gasteiger charge is -2.02. The molecule has 3 aromatic heterocycles. The van der Waals surface area contributed by atoms with Crippen LogP contribution in [0.2, 0.25) is 0 Å². The number of nitrogens with one attached hydrogen (secondary N) is 1. The number of benzene rings is 1. The van der Waals surface area contributed by atoms with E-state index in [2.05, 4.69) is 51.3 Å². The number of fused-ring (bicyclic) bond motifs is 1. The minimum atomic E-state index is 0.892. The monoisotopic (exact) mass is 326 g/mol. The first-order valence-corrected chi connectivity index (χ1v) is 8.68. The van der Waals surface area contributed by atoms with E-state index in [1.165, 1.54) is 5.56 Å². The van der Waals surface area contributed by atoms with Crippen LogP contribution in [0.15, 0.2) is 41.2 Å². The molecule has 22 heavy (non-hydrogen) atoms. The van der Waals surface area contributed by atoms with E-state index >= 15 is 0 Å². The van der Waals surface area contributed by atoms with Gasteiger partial charge in [0.1, 0.15) is 5.69 Å². The molecule has 6 heteroatoms. The average Bonchev–Trinajstić information content (AvgIpc) is 3.17. The molecular weight excluding hydrogens is 312 g/mol. The molecule has 1 N–H and O–H groups in total. The Morgan fingerprint density at radius 3 is 2.68 bits per heavy atom. The molecule has 0 atom stereocenters. The van der Waals surface area contributed by atoms with E-state index in [4.69, 9.17) is 4.98 Å². The second kappa shape index (κ2) is 5.23. The Balaban J connectivity index is 1.67. The average molecular weight is 326 g/mol. The van der Waals surface area contributed by atoms with Gasteiger partial charge in [0, 0.05) is 22.6 Å². The van der Waals surface area contributed by atoms with Gasteiger partial charge in [-0.25, -0.2) is 9.97 Å². The van der Waals surface area contributed by atoms with E-state index in [0.717, 1.165) is 32.9 Å². The van der Waals surface area contributed by atoms with Crippen molar-refractivity contribution in [2.45, 2.75) is 13.8 Å². The predicted molar refractivity (Wildman–Crippen MR) is 93.4 cm³/mol. The van der Waals surface area contributed by atoms with Crippen molar-refractivity contribution < 1.29 is 0 Å². The van der Waals surface area contributed by atoms with Gasteiger partial charge >= 0.3 is 0 Å². The summed E-state index contributed by atoms with van der Waals surface area (Å²) in [5.41, 5.74) is 5.35. The summed E-state index contributed by atoms with van der Waals surface area (Å²) in [6, 6.07) is 8.31. The van der Waals surface area contributed by atoms with E-state index in [9.17, 15) is 0 Å². The Morgan fingerprint density at radius 1 is 1.05 bits per heavy atom. The fraction of sp³-hybridized carbons (Fsp3) is 0.125. The Morgan fingerprint density at radius 2 is 1.86 bits per heavy atom. The number of rotatable bonds is 3. The lowest BCUT2D eigenvalue weighted by molar-refractivity contribution is 1.20. The van der Waals surface area contributed by atoms with Crippen molar-refractivity contribution in [2.24, 2.45) is 0 Å². The maximum atomic E-state index is 4.71. The third-order valence-electron chi connectivity index (χ3n) is 3.49. The molecule has 0 amide bonds. The number of anilines is 2. The van der Waals surface area contributed by atoms with Crippen LogP contribution >= 0.6 is 22.7 Å². The second-order valence-corrected chi connectivity index (χ2v) is 6.86. The summed E-state index contributed by atoms with van der Waals surface area (Å²) in [7, 11) is 0. The number of imidazole rings is 1. The van der Waals surface area contributed by atoms with Gasteiger partial charge in [-0.05, 0) is 26.0 Å². The van der Waals surface area contributed by atoms with Crippen molar-refractivity contribution >= 4 is 38.5 Å². The molecular formula is C16H14N4S2. The third-order valence-corrected chi connectivity index (χ3v) is 5.00. The van der Waals surface area contributed by atoms with Gasteiger partial charge in [0.15, 0.2) is 10.1 Å². The largest absolute Gasteiger partial charge is 0.332 e. The predicted octanol–water partition coefficient (Wildman–Crippen LogP) is 4.88. The normalized spacial score (nSPS) is 11.2. The van der Waals surface area contributed by atoms with Crippen LogP contribution in [0.5, 0.6) is 0 Å². The van der Waals surface area contributed by atoms with Gasteiger partial charge in [0.25, 0.3) is 0 Å².